The number of aryl methyl sites for hydroxylation is 2. The lowest BCUT2D eigenvalue weighted by Gasteiger charge is -2.10. The number of rotatable bonds is 2. The van der Waals surface area contributed by atoms with Crippen LogP contribution < -0.4 is 5.32 Å². The molecule has 2 heterocycles. The van der Waals surface area contributed by atoms with Crippen molar-refractivity contribution in [2.75, 3.05) is 12.4 Å². The predicted octanol–water partition coefficient (Wildman–Crippen LogP) is 7.69. The van der Waals surface area contributed by atoms with Crippen LogP contribution in [0.4, 0.5) is 11.4 Å². The summed E-state index contributed by atoms with van der Waals surface area (Å²) in [7, 11) is 2.19. The Morgan fingerprint density at radius 1 is 0.833 bits per heavy atom. The van der Waals surface area contributed by atoms with Gasteiger partial charge in [-0.2, -0.15) is 4.58 Å². The molecule has 0 aromatic heterocycles. The second-order valence-electron chi connectivity index (χ2n) is 8.51. The number of halogens is 2. The fraction of sp³-hybridized carbons (Fsp3) is 0.346. The van der Waals surface area contributed by atoms with Crippen molar-refractivity contribution < 1.29 is 4.58 Å². The first-order valence-corrected chi connectivity index (χ1v) is 16.6. The van der Waals surface area contributed by atoms with Crippen molar-refractivity contribution in [1.82, 2.24) is 0 Å². The fourth-order valence-corrected chi connectivity index (χ4v) is 4.65. The van der Waals surface area contributed by atoms with Crippen LogP contribution >= 0.6 is 37.2 Å². The van der Waals surface area contributed by atoms with E-state index in [1.165, 1.54) is 67.3 Å². The van der Waals surface area contributed by atoms with Crippen LogP contribution in [0.25, 0.3) is 0 Å². The Morgan fingerprint density at radius 3 is 2.10 bits per heavy atom. The van der Waals surface area contributed by atoms with E-state index in [2.05, 4.69) is 126 Å². The van der Waals surface area contributed by atoms with E-state index in [1.54, 1.807) is 0 Å². The Bertz CT molecular complexity index is 1100. The summed E-state index contributed by atoms with van der Waals surface area (Å²) in [6, 6.07) is 4.69. The second-order valence-corrected chi connectivity index (χ2v) is 8.51. The minimum absolute atomic E-state index is 0.991. The molecule has 0 aliphatic carbocycles. The van der Waals surface area contributed by atoms with Crippen LogP contribution in [0.2, 0.25) is 0 Å². The zero-order valence-corrected chi connectivity index (χ0v) is 23.3. The van der Waals surface area contributed by atoms with E-state index in [-0.39, 0.29) is 0 Å². The summed E-state index contributed by atoms with van der Waals surface area (Å²) in [6.45, 7) is 13.3. The molecule has 2 aromatic carbocycles. The molecule has 0 amide bonds. The molecular weight excluding hydrogens is 594 g/mol. The number of nitrogens with one attached hydrogen (secondary N) is 1. The molecule has 30 heavy (non-hydrogen) atoms. The summed E-state index contributed by atoms with van der Waals surface area (Å²) in [5, 5.41) is 3.64. The first-order valence-electron chi connectivity index (χ1n) is 10.4. The molecule has 0 saturated carbocycles. The molecule has 2 aromatic rings. The van der Waals surface area contributed by atoms with Crippen molar-refractivity contribution in [3.05, 3.63) is 80.6 Å². The molecule has 0 saturated heterocycles. The molecule has 4 heteroatoms. The van der Waals surface area contributed by atoms with Gasteiger partial charge >= 0.3 is 0 Å². The van der Waals surface area contributed by atoms with Gasteiger partial charge in [0.05, 0.1) is 6.42 Å². The van der Waals surface area contributed by atoms with Gasteiger partial charge in [0.1, 0.15) is 7.05 Å². The summed E-state index contributed by atoms with van der Waals surface area (Å²) < 4.78 is 2.36. The summed E-state index contributed by atoms with van der Waals surface area (Å²) >= 11 is 4.24. The van der Waals surface area contributed by atoms with E-state index in [1.807, 2.05) is 0 Å². The highest BCUT2D eigenvalue weighted by molar-refractivity contribution is 15.0. The van der Waals surface area contributed by atoms with Gasteiger partial charge in [0.25, 0.3) is 0 Å². The highest BCUT2D eigenvalue weighted by atomic mass is 128. The molecule has 2 aliphatic rings. The maximum atomic E-state index is 3.64. The van der Waals surface area contributed by atoms with E-state index < -0.39 is 0 Å². The van der Waals surface area contributed by atoms with Crippen molar-refractivity contribution in [1.29, 1.82) is 0 Å². The van der Waals surface area contributed by atoms with Gasteiger partial charge in [-0.3, -0.25) is 0 Å². The first kappa shape index (κ1) is 23.5. The Labute approximate surface area is 204 Å². The summed E-state index contributed by atoms with van der Waals surface area (Å²) in [6.07, 6.45) is 8.71. The molecule has 0 fully saturated rings. The van der Waals surface area contributed by atoms with Crippen molar-refractivity contribution in [3.8, 4) is 0 Å². The quantitative estimate of drug-likeness (QED) is 0.267. The summed E-state index contributed by atoms with van der Waals surface area (Å²) in [5.74, 6) is 0. The lowest BCUT2D eigenvalue weighted by Crippen LogP contribution is -2.06. The topological polar surface area (TPSA) is 15.0 Å². The average Bonchev–Trinajstić information content (AvgIpc) is 3.27. The van der Waals surface area contributed by atoms with Crippen LogP contribution in [0, 0.1) is 41.5 Å². The van der Waals surface area contributed by atoms with E-state index in [0.717, 1.165) is 12.8 Å². The molecule has 0 bridgehead atoms. The zero-order valence-electron chi connectivity index (χ0n) is 19.0. The molecular formula is C26H31I2N2+. The van der Waals surface area contributed by atoms with E-state index in [0.29, 0.717) is 0 Å². The Balaban J connectivity index is 0.00000124. The molecule has 158 valence electrons. The van der Waals surface area contributed by atoms with Crippen molar-refractivity contribution >= 4 is 54.3 Å². The lowest BCUT2D eigenvalue weighted by molar-refractivity contribution is -0.401. The van der Waals surface area contributed by atoms with Gasteiger partial charge in [-0.15, -0.1) is 0 Å². The third kappa shape index (κ3) is 4.27. The van der Waals surface area contributed by atoms with Gasteiger partial charge in [-0.05, 0) is 87.1 Å². The maximum Gasteiger partial charge on any atom is 0.212 e. The van der Waals surface area contributed by atoms with Gasteiger partial charge < -0.3 is 5.32 Å². The van der Waals surface area contributed by atoms with Crippen molar-refractivity contribution in [2.45, 2.75) is 54.4 Å². The number of hydrogen-bond donors (Lipinski definition) is 1. The fourth-order valence-electron chi connectivity index (χ4n) is 4.65. The maximum absolute atomic E-state index is 3.64. The van der Waals surface area contributed by atoms with Gasteiger partial charge in [0, 0.05) is 72.2 Å². The van der Waals surface area contributed by atoms with Crippen LogP contribution in [0.15, 0.2) is 36.1 Å². The number of fused-ring (bicyclic) bond motifs is 2. The smallest absolute Gasteiger partial charge is 0.212 e. The molecule has 0 radical (unpaired) electrons. The lowest BCUT2D eigenvalue weighted by atomic mass is 9.97. The predicted molar refractivity (Wildman–Crippen MR) is 148 cm³/mol. The van der Waals surface area contributed by atoms with Crippen LogP contribution in [0.1, 0.15) is 44.5 Å². The van der Waals surface area contributed by atoms with E-state index in [4.69, 9.17) is 0 Å². The van der Waals surface area contributed by atoms with E-state index in [9.17, 15) is 0 Å². The standard InChI is InChI=1S/C26H30N2.I2/c1-15-11-21-13-23(27-25(21)19(5)17(15)3)9-8-10-24-14-22-12-16(2)18(4)20(6)26(22)28(24)7;1-2/h8-12H,13-14H2,1-7H3;/p+1. The third-order valence-electron chi connectivity index (χ3n) is 6.84. The largest absolute Gasteiger partial charge is 0.358 e. The third-order valence-corrected chi connectivity index (χ3v) is 6.84. The highest BCUT2D eigenvalue weighted by Gasteiger charge is 2.28. The molecule has 2 aliphatic heterocycles. The Hall–Kier alpha value is -1.15. The van der Waals surface area contributed by atoms with Gasteiger partial charge in [-0.25, -0.2) is 0 Å². The van der Waals surface area contributed by atoms with Gasteiger partial charge in [0.2, 0.25) is 5.69 Å². The van der Waals surface area contributed by atoms with E-state index >= 15 is 0 Å². The Kier molecular flexibility index (Phi) is 7.49. The monoisotopic (exact) mass is 625 g/mol. The minimum atomic E-state index is 0.991. The molecule has 0 spiro atoms. The van der Waals surface area contributed by atoms with Gasteiger partial charge in [0.15, 0.2) is 5.71 Å². The zero-order chi connectivity index (χ0) is 22.2. The van der Waals surface area contributed by atoms with Crippen molar-refractivity contribution in [2.24, 2.45) is 0 Å². The van der Waals surface area contributed by atoms with Crippen molar-refractivity contribution in [3.63, 3.8) is 0 Å². The minimum Gasteiger partial charge on any atom is -0.358 e. The molecule has 1 N–H and O–H groups in total. The Morgan fingerprint density at radius 2 is 1.43 bits per heavy atom. The second kappa shape index (κ2) is 9.55. The molecule has 2 nitrogen and oxygen atoms in total. The average molecular weight is 625 g/mol. The SMILES string of the molecule is Cc1cc2c(c(C)c1C)NC(=CC=CC1=[N+](C)c3c(cc(C)c(C)c3C)C1)C2.II. The number of allylic oxidation sites excluding steroid dienone is 4. The molecule has 0 atom stereocenters. The normalized spacial score (nSPS) is 16.0. The summed E-state index contributed by atoms with van der Waals surface area (Å²) in [5.41, 5.74) is 16.6. The number of benzene rings is 2. The van der Waals surface area contributed by atoms with Crippen LogP contribution in [0.3, 0.4) is 0 Å². The number of hydrogen-bond acceptors (Lipinski definition) is 1. The van der Waals surface area contributed by atoms with Crippen LogP contribution in [-0.4, -0.2) is 17.3 Å². The number of anilines is 1. The van der Waals surface area contributed by atoms with Gasteiger partial charge in [-0.1, -0.05) is 12.1 Å². The van der Waals surface area contributed by atoms with Crippen LogP contribution in [-0.2, 0) is 12.8 Å². The molecule has 0 unspecified atom stereocenters. The molecule has 4 rings (SSSR count). The highest BCUT2D eigenvalue weighted by Crippen LogP contribution is 2.35. The summed E-state index contributed by atoms with van der Waals surface area (Å²) in [4.78, 5) is 0. The number of nitrogens with zero attached hydrogens (tertiary/aromatic N) is 1. The van der Waals surface area contributed by atoms with Crippen LogP contribution in [0.5, 0.6) is 0 Å². The first-order chi connectivity index (χ1) is 14.3.